The number of aryl methyl sites for hydroxylation is 1. The number of guanidine groups is 1. The molecule has 0 saturated carbocycles. The highest BCUT2D eigenvalue weighted by molar-refractivity contribution is 5.80. The predicted molar refractivity (Wildman–Crippen MR) is 99.2 cm³/mol. The van der Waals surface area contributed by atoms with Crippen molar-refractivity contribution in [3.05, 3.63) is 35.4 Å². The van der Waals surface area contributed by atoms with Crippen molar-refractivity contribution in [1.82, 2.24) is 15.5 Å². The second-order valence-corrected chi connectivity index (χ2v) is 6.52. The lowest BCUT2D eigenvalue weighted by Gasteiger charge is -2.34. The minimum Gasteiger partial charge on any atom is -0.359 e. The number of amides is 1. The summed E-state index contributed by atoms with van der Waals surface area (Å²) in [5.41, 5.74) is 2.65. The van der Waals surface area contributed by atoms with Gasteiger partial charge in [0, 0.05) is 40.2 Å². The van der Waals surface area contributed by atoms with E-state index in [9.17, 15) is 4.79 Å². The quantitative estimate of drug-likeness (QED) is 0.641. The van der Waals surface area contributed by atoms with Crippen molar-refractivity contribution in [2.75, 3.05) is 33.7 Å². The second kappa shape index (κ2) is 9.30. The number of hydrogen-bond donors (Lipinski definition) is 2. The number of nitrogens with one attached hydrogen (secondary N) is 2. The number of likely N-dealkylation sites (tertiary alicyclic amines) is 1. The molecule has 2 N–H and O–H groups in total. The van der Waals surface area contributed by atoms with Gasteiger partial charge < -0.3 is 15.5 Å². The van der Waals surface area contributed by atoms with Crippen molar-refractivity contribution in [3.63, 3.8) is 0 Å². The van der Waals surface area contributed by atoms with Gasteiger partial charge in [0.15, 0.2) is 5.96 Å². The Morgan fingerprint density at radius 3 is 2.71 bits per heavy atom. The molecule has 5 heteroatoms. The minimum atomic E-state index is 0.147. The van der Waals surface area contributed by atoms with Gasteiger partial charge in [-0.15, -0.1) is 0 Å². The molecule has 2 rings (SSSR count). The molecule has 1 amide bonds. The van der Waals surface area contributed by atoms with Crippen molar-refractivity contribution >= 4 is 11.9 Å². The van der Waals surface area contributed by atoms with Gasteiger partial charge in [-0.3, -0.25) is 9.79 Å². The Morgan fingerprint density at radius 1 is 1.33 bits per heavy atom. The lowest BCUT2D eigenvalue weighted by molar-refractivity contribution is -0.121. The van der Waals surface area contributed by atoms with Gasteiger partial charge in [-0.2, -0.15) is 0 Å². The van der Waals surface area contributed by atoms with Crippen molar-refractivity contribution in [2.45, 2.75) is 32.6 Å². The lowest BCUT2D eigenvalue weighted by Crippen LogP contribution is -2.46. The van der Waals surface area contributed by atoms with Crippen LogP contribution in [0, 0.1) is 12.8 Å². The molecule has 1 aromatic carbocycles. The maximum Gasteiger partial charge on any atom is 0.220 e. The molecule has 5 nitrogen and oxygen atoms in total. The monoisotopic (exact) mass is 330 g/mol. The second-order valence-electron chi connectivity index (χ2n) is 6.52. The molecule has 24 heavy (non-hydrogen) atoms. The molecule has 0 radical (unpaired) electrons. The van der Waals surface area contributed by atoms with Gasteiger partial charge >= 0.3 is 0 Å². The van der Waals surface area contributed by atoms with Gasteiger partial charge in [0.1, 0.15) is 0 Å². The van der Waals surface area contributed by atoms with Crippen LogP contribution in [0.2, 0.25) is 0 Å². The first-order valence-electron chi connectivity index (χ1n) is 8.84. The van der Waals surface area contributed by atoms with Gasteiger partial charge in [0.05, 0.1) is 0 Å². The number of hydrogen-bond acceptors (Lipinski definition) is 2. The van der Waals surface area contributed by atoms with E-state index in [-0.39, 0.29) is 5.91 Å². The van der Waals surface area contributed by atoms with Crippen molar-refractivity contribution in [3.8, 4) is 0 Å². The first-order valence-corrected chi connectivity index (χ1v) is 8.84. The molecule has 1 aliphatic rings. The standard InChI is InChI=1S/C19H30N4O/c1-15-5-4-6-16(13-15)7-10-22-19(21-3)23-11-8-17(9-12-23)14-18(24)20-2/h4-6,13,17H,7-12,14H2,1-3H3,(H,20,24)(H,21,22). The Labute approximate surface area is 145 Å². The van der Waals surface area contributed by atoms with E-state index in [0.29, 0.717) is 12.3 Å². The van der Waals surface area contributed by atoms with E-state index in [1.165, 1.54) is 11.1 Å². The maximum absolute atomic E-state index is 11.5. The number of piperidine rings is 1. The molecule has 0 aromatic heterocycles. The van der Waals surface area contributed by atoms with Crippen molar-refractivity contribution in [1.29, 1.82) is 0 Å². The smallest absolute Gasteiger partial charge is 0.220 e. The van der Waals surface area contributed by atoms with E-state index in [2.05, 4.69) is 51.7 Å². The van der Waals surface area contributed by atoms with Crippen LogP contribution >= 0.6 is 0 Å². The summed E-state index contributed by atoms with van der Waals surface area (Å²) < 4.78 is 0. The summed E-state index contributed by atoms with van der Waals surface area (Å²) in [7, 11) is 3.54. The van der Waals surface area contributed by atoms with E-state index >= 15 is 0 Å². The van der Waals surface area contributed by atoms with E-state index in [4.69, 9.17) is 0 Å². The minimum absolute atomic E-state index is 0.147. The Bertz CT molecular complexity index is 562. The fraction of sp³-hybridized carbons (Fsp3) is 0.579. The van der Waals surface area contributed by atoms with Crippen LogP contribution < -0.4 is 10.6 Å². The van der Waals surface area contributed by atoms with Crippen LogP contribution in [-0.4, -0.2) is 50.5 Å². The molecule has 0 aliphatic carbocycles. The summed E-state index contributed by atoms with van der Waals surface area (Å²) in [5, 5.41) is 6.19. The van der Waals surface area contributed by atoms with Crippen LogP contribution in [0.5, 0.6) is 0 Å². The zero-order valence-electron chi connectivity index (χ0n) is 15.1. The summed E-state index contributed by atoms with van der Waals surface area (Å²) in [6.45, 7) is 4.94. The normalized spacial score (nSPS) is 16.1. The molecule has 0 bridgehead atoms. The fourth-order valence-electron chi connectivity index (χ4n) is 3.23. The molecule has 1 aliphatic heterocycles. The van der Waals surface area contributed by atoms with E-state index < -0.39 is 0 Å². The number of nitrogens with zero attached hydrogens (tertiary/aromatic N) is 2. The average Bonchev–Trinajstić information content (AvgIpc) is 2.59. The van der Waals surface area contributed by atoms with Crippen LogP contribution in [0.25, 0.3) is 0 Å². The molecular formula is C19H30N4O. The molecule has 1 fully saturated rings. The van der Waals surface area contributed by atoms with Crippen LogP contribution in [0.3, 0.4) is 0 Å². The fourth-order valence-corrected chi connectivity index (χ4v) is 3.23. The van der Waals surface area contributed by atoms with E-state index in [1.807, 2.05) is 7.05 Å². The van der Waals surface area contributed by atoms with Gasteiger partial charge in [0.2, 0.25) is 5.91 Å². The Hall–Kier alpha value is -2.04. The molecule has 1 heterocycles. The van der Waals surface area contributed by atoms with Gasteiger partial charge in [-0.05, 0) is 37.7 Å². The maximum atomic E-state index is 11.5. The third kappa shape index (κ3) is 5.55. The largest absolute Gasteiger partial charge is 0.359 e. The first-order chi connectivity index (χ1) is 11.6. The van der Waals surface area contributed by atoms with Crippen LogP contribution in [0.1, 0.15) is 30.4 Å². The van der Waals surface area contributed by atoms with Crippen LogP contribution in [-0.2, 0) is 11.2 Å². The van der Waals surface area contributed by atoms with Crippen LogP contribution in [0.4, 0.5) is 0 Å². The van der Waals surface area contributed by atoms with Gasteiger partial charge in [-0.1, -0.05) is 29.8 Å². The summed E-state index contributed by atoms with van der Waals surface area (Å²) in [6.07, 6.45) is 3.73. The van der Waals surface area contributed by atoms with Crippen LogP contribution in [0.15, 0.2) is 29.3 Å². The zero-order valence-corrected chi connectivity index (χ0v) is 15.1. The van der Waals surface area contributed by atoms with E-state index in [0.717, 1.165) is 44.9 Å². The number of benzene rings is 1. The molecule has 0 atom stereocenters. The zero-order chi connectivity index (χ0) is 17.4. The highest BCUT2D eigenvalue weighted by Gasteiger charge is 2.22. The lowest BCUT2D eigenvalue weighted by atomic mass is 9.93. The summed E-state index contributed by atoms with van der Waals surface area (Å²) >= 11 is 0. The summed E-state index contributed by atoms with van der Waals surface area (Å²) in [5.74, 6) is 1.61. The van der Waals surface area contributed by atoms with E-state index in [1.54, 1.807) is 7.05 Å². The SMILES string of the molecule is CN=C(NCCc1cccc(C)c1)N1CCC(CC(=O)NC)CC1. The van der Waals surface area contributed by atoms with Crippen molar-refractivity contribution in [2.24, 2.45) is 10.9 Å². The molecule has 0 unspecified atom stereocenters. The van der Waals surface area contributed by atoms with Gasteiger partial charge in [0.25, 0.3) is 0 Å². The third-order valence-electron chi connectivity index (χ3n) is 4.66. The molecular weight excluding hydrogens is 300 g/mol. The Balaban J connectivity index is 1.75. The molecule has 1 saturated heterocycles. The number of carbonyl (C=O) groups is 1. The number of aliphatic imine (C=N–C) groups is 1. The molecule has 0 spiro atoms. The Kier molecular flexibility index (Phi) is 7.09. The Morgan fingerprint density at radius 2 is 2.08 bits per heavy atom. The highest BCUT2D eigenvalue weighted by atomic mass is 16.1. The number of rotatable bonds is 5. The topological polar surface area (TPSA) is 56.7 Å². The highest BCUT2D eigenvalue weighted by Crippen LogP contribution is 2.20. The average molecular weight is 330 g/mol. The molecule has 132 valence electrons. The van der Waals surface area contributed by atoms with Gasteiger partial charge in [-0.25, -0.2) is 0 Å². The predicted octanol–water partition coefficient (Wildman–Crippen LogP) is 1.96. The summed E-state index contributed by atoms with van der Waals surface area (Å²) in [6, 6.07) is 8.63. The summed E-state index contributed by atoms with van der Waals surface area (Å²) in [4.78, 5) is 18.2. The first kappa shape index (κ1) is 18.3. The third-order valence-corrected chi connectivity index (χ3v) is 4.66. The molecule has 1 aromatic rings. The number of carbonyl (C=O) groups excluding carboxylic acids is 1. The van der Waals surface area contributed by atoms with Crippen molar-refractivity contribution < 1.29 is 4.79 Å².